The molecule has 3 rings (SSSR count). The number of amides is 3. The summed E-state index contributed by atoms with van der Waals surface area (Å²) >= 11 is 7.60. The lowest BCUT2D eigenvalue weighted by Gasteiger charge is -2.40. The molecule has 1 fully saturated rings. The Morgan fingerprint density at radius 3 is 2.61 bits per heavy atom. The SMILES string of the molecule is Cc1cc(Cl)nc(C)c1C(=O)NCC[C@@H](C)N1CCC(N(Cc2ccsc2)C(=O)NCCCC(=O)O)CC1. The minimum Gasteiger partial charge on any atom is -0.481 e. The van der Waals surface area contributed by atoms with E-state index in [-0.39, 0.29) is 30.4 Å². The summed E-state index contributed by atoms with van der Waals surface area (Å²) in [4.78, 5) is 45.0. The van der Waals surface area contributed by atoms with Gasteiger partial charge >= 0.3 is 12.0 Å². The van der Waals surface area contributed by atoms with Crippen LogP contribution in [0.5, 0.6) is 0 Å². The Balaban J connectivity index is 1.48. The molecule has 208 valence electrons. The Hall–Kier alpha value is -2.69. The van der Waals surface area contributed by atoms with E-state index in [0.29, 0.717) is 42.5 Å². The maximum atomic E-state index is 13.0. The lowest BCUT2D eigenvalue weighted by atomic mass is 10.0. The molecule has 9 nitrogen and oxygen atoms in total. The number of piperidine rings is 1. The van der Waals surface area contributed by atoms with Crippen molar-refractivity contribution in [2.24, 2.45) is 0 Å². The molecule has 1 saturated heterocycles. The highest BCUT2D eigenvalue weighted by atomic mass is 35.5. The minimum atomic E-state index is -0.859. The van der Waals surface area contributed by atoms with Gasteiger partial charge < -0.3 is 25.5 Å². The molecule has 0 spiro atoms. The fourth-order valence-corrected chi connectivity index (χ4v) is 5.86. The smallest absolute Gasteiger partial charge is 0.317 e. The number of carbonyl (C=O) groups excluding carboxylic acids is 2. The van der Waals surface area contributed by atoms with E-state index >= 15 is 0 Å². The number of carboxylic acid groups (broad SMARTS) is 1. The first-order chi connectivity index (χ1) is 18.2. The first-order valence-electron chi connectivity index (χ1n) is 13.1. The average Bonchev–Trinajstić information content (AvgIpc) is 3.38. The van der Waals surface area contributed by atoms with Gasteiger partial charge in [0.2, 0.25) is 0 Å². The van der Waals surface area contributed by atoms with Crippen LogP contribution in [0.1, 0.15) is 66.2 Å². The monoisotopic (exact) mass is 563 g/mol. The molecule has 3 N–H and O–H groups in total. The summed E-state index contributed by atoms with van der Waals surface area (Å²) in [6, 6.07) is 3.99. The number of carbonyl (C=O) groups is 3. The number of pyridine rings is 1. The second-order valence-corrected chi connectivity index (χ2v) is 11.0. The van der Waals surface area contributed by atoms with E-state index in [1.54, 1.807) is 24.3 Å². The molecule has 0 aromatic carbocycles. The molecule has 0 bridgehead atoms. The second-order valence-electron chi connectivity index (χ2n) is 9.87. The summed E-state index contributed by atoms with van der Waals surface area (Å²) in [5.74, 6) is -0.990. The molecular weight excluding hydrogens is 526 g/mol. The Labute approximate surface area is 233 Å². The van der Waals surface area contributed by atoms with E-state index in [4.69, 9.17) is 16.7 Å². The highest BCUT2D eigenvalue weighted by Gasteiger charge is 2.29. The lowest BCUT2D eigenvalue weighted by Crippen LogP contribution is -2.52. The fourth-order valence-electron chi connectivity index (χ4n) is 4.91. The van der Waals surface area contributed by atoms with Gasteiger partial charge in [-0.15, -0.1) is 0 Å². The molecule has 3 heterocycles. The zero-order chi connectivity index (χ0) is 27.7. The van der Waals surface area contributed by atoms with Gasteiger partial charge in [0.15, 0.2) is 0 Å². The van der Waals surface area contributed by atoms with Gasteiger partial charge in [0.1, 0.15) is 5.15 Å². The second kappa shape index (κ2) is 14.5. The summed E-state index contributed by atoms with van der Waals surface area (Å²) in [5, 5.41) is 19.2. The molecule has 11 heteroatoms. The number of thiophene rings is 1. The molecule has 0 saturated carbocycles. The molecular formula is C27H38ClN5O4S. The standard InChI is InChI=1S/C27H38ClN5O4S/c1-18-15-23(28)31-20(3)25(18)26(36)29-11-6-19(2)32-12-7-22(8-13-32)33(16-21-9-14-38-17-21)27(37)30-10-4-5-24(34)35/h9,14-15,17,19,22H,4-8,10-13,16H2,1-3H3,(H,29,36)(H,30,37)(H,34,35)/t19-/m1/s1. The van der Waals surface area contributed by atoms with Crippen molar-refractivity contribution in [3.63, 3.8) is 0 Å². The van der Waals surface area contributed by atoms with Crippen molar-refractivity contribution < 1.29 is 19.5 Å². The first-order valence-corrected chi connectivity index (χ1v) is 14.4. The zero-order valence-electron chi connectivity index (χ0n) is 22.3. The number of urea groups is 1. The van der Waals surface area contributed by atoms with E-state index in [9.17, 15) is 14.4 Å². The molecule has 1 aliphatic heterocycles. The van der Waals surface area contributed by atoms with E-state index in [2.05, 4.69) is 32.8 Å². The molecule has 3 amide bonds. The fraction of sp³-hybridized carbons (Fsp3) is 0.556. The van der Waals surface area contributed by atoms with Crippen molar-refractivity contribution in [1.82, 2.24) is 25.4 Å². The van der Waals surface area contributed by atoms with Crippen LogP contribution >= 0.6 is 22.9 Å². The molecule has 1 aliphatic rings. The molecule has 38 heavy (non-hydrogen) atoms. The van der Waals surface area contributed by atoms with E-state index in [1.807, 2.05) is 23.3 Å². The molecule has 0 unspecified atom stereocenters. The van der Waals surface area contributed by atoms with E-state index in [0.717, 1.165) is 43.5 Å². The largest absolute Gasteiger partial charge is 0.481 e. The topological polar surface area (TPSA) is 115 Å². The number of aromatic nitrogens is 1. The molecule has 0 radical (unpaired) electrons. The predicted octanol–water partition coefficient (Wildman–Crippen LogP) is 4.46. The first kappa shape index (κ1) is 29.9. The van der Waals surface area contributed by atoms with Crippen LogP contribution in [-0.2, 0) is 11.3 Å². The van der Waals surface area contributed by atoms with Crippen LogP contribution in [0.25, 0.3) is 0 Å². The number of hydrogen-bond acceptors (Lipinski definition) is 6. The van der Waals surface area contributed by atoms with Gasteiger partial charge in [-0.05, 0) is 80.5 Å². The number of rotatable bonds is 12. The Morgan fingerprint density at radius 2 is 1.97 bits per heavy atom. The number of nitrogens with zero attached hydrogens (tertiary/aromatic N) is 3. The maximum absolute atomic E-state index is 13.0. The number of hydrogen-bond donors (Lipinski definition) is 3. The van der Waals surface area contributed by atoms with Crippen molar-refractivity contribution in [2.75, 3.05) is 26.2 Å². The van der Waals surface area contributed by atoms with Crippen LogP contribution in [0.4, 0.5) is 4.79 Å². The van der Waals surface area contributed by atoms with Gasteiger partial charge in [-0.1, -0.05) is 11.6 Å². The minimum absolute atomic E-state index is 0.0390. The van der Waals surface area contributed by atoms with E-state index in [1.165, 1.54) is 0 Å². The van der Waals surface area contributed by atoms with Gasteiger partial charge in [-0.3, -0.25) is 9.59 Å². The van der Waals surface area contributed by atoms with Crippen LogP contribution in [-0.4, -0.2) is 76.1 Å². The summed E-state index contributed by atoms with van der Waals surface area (Å²) in [6.45, 7) is 9.00. The highest BCUT2D eigenvalue weighted by molar-refractivity contribution is 7.07. The van der Waals surface area contributed by atoms with Crippen LogP contribution in [0.15, 0.2) is 22.9 Å². The highest BCUT2D eigenvalue weighted by Crippen LogP contribution is 2.22. The number of aryl methyl sites for hydroxylation is 2. The molecule has 1 atom stereocenters. The van der Waals surface area contributed by atoms with Crippen molar-refractivity contribution in [3.05, 3.63) is 50.4 Å². The third-order valence-electron chi connectivity index (χ3n) is 7.04. The summed E-state index contributed by atoms with van der Waals surface area (Å²) in [6.07, 6.45) is 2.99. The Morgan fingerprint density at radius 1 is 1.24 bits per heavy atom. The number of nitrogens with one attached hydrogen (secondary N) is 2. The van der Waals surface area contributed by atoms with Crippen molar-refractivity contribution in [3.8, 4) is 0 Å². The number of carboxylic acids is 1. The third-order valence-corrected chi connectivity index (χ3v) is 7.97. The Kier molecular flexibility index (Phi) is 11.4. The van der Waals surface area contributed by atoms with E-state index < -0.39 is 5.97 Å². The van der Waals surface area contributed by atoms with Gasteiger partial charge in [-0.2, -0.15) is 11.3 Å². The molecule has 2 aromatic rings. The number of aliphatic carboxylic acids is 1. The third kappa shape index (κ3) is 8.68. The van der Waals surface area contributed by atoms with Gasteiger partial charge in [-0.25, -0.2) is 9.78 Å². The van der Waals surface area contributed by atoms with Crippen molar-refractivity contribution in [2.45, 2.75) is 71.5 Å². The van der Waals surface area contributed by atoms with Crippen molar-refractivity contribution in [1.29, 1.82) is 0 Å². The lowest BCUT2D eigenvalue weighted by molar-refractivity contribution is -0.137. The normalized spacial score (nSPS) is 15.2. The predicted molar refractivity (Wildman–Crippen MR) is 150 cm³/mol. The molecule has 0 aliphatic carbocycles. The summed E-state index contributed by atoms with van der Waals surface area (Å²) in [7, 11) is 0. The maximum Gasteiger partial charge on any atom is 0.317 e. The Bertz CT molecular complexity index is 1070. The van der Waals surface area contributed by atoms with Gasteiger partial charge in [0.05, 0.1) is 11.3 Å². The van der Waals surface area contributed by atoms with Crippen LogP contribution < -0.4 is 10.6 Å². The van der Waals surface area contributed by atoms with Crippen LogP contribution in [0, 0.1) is 13.8 Å². The average molecular weight is 564 g/mol. The van der Waals surface area contributed by atoms with Crippen LogP contribution in [0.2, 0.25) is 5.15 Å². The number of halogens is 1. The zero-order valence-corrected chi connectivity index (χ0v) is 23.9. The number of likely N-dealkylation sites (tertiary alicyclic amines) is 1. The quantitative estimate of drug-likeness (QED) is 0.259. The molecule has 2 aromatic heterocycles. The van der Waals surface area contributed by atoms with Gasteiger partial charge in [0, 0.05) is 51.2 Å². The van der Waals surface area contributed by atoms with Gasteiger partial charge in [0.25, 0.3) is 5.91 Å². The summed E-state index contributed by atoms with van der Waals surface area (Å²) < 4.78 is 0. The summed E-state index contributed by atoms with van der Waals surface area (Å²) in [5.41, 5.74) is 3.12. The van der Waals surface area contributed by atoms with Crippen molar-refractivity contribution >= 4 is 40.8 Å². The van der Waals surface area contributed by atoms with Crippen LogP contribution in [0.3, 0.4) is 0 Å².